The zero-order valence-corrected chi connectivity index (χ0v) is 9.04. The quantitative estimate of drug-likeness (QED) is 0.761. The van der Waals surface area contributed by atoms with Crippen LogP contribution in [0.1, 0.15) is 5.56 Å². The SMILES string of the molecule is COc1csc(-c2sccc2C)n1. The van der Waals surface area contributed by atoms with Crippen LogP contribution in [-0.2, 0) is 0 Å². The molecule has 2 nitrogen and oxygen atoms in total. The van der Waals surface area contributed by atoms with Gasteiger partial charge < -0.3 is 4.74 Å². The van der Waals surface area contributed by atoms with Gasteiger partial charge in [0.2, 0.25) is 5.88 Å². The molecule has 0 amide bonds. The van der Waals surface area contributed by atoms with Gasteiger partial charge in [-0.25, -0.2) is 4.98 Å². The highest BCUT2D eigenvalue weighted by Crippen LogP contribution is 2.33. The third-order valence-corrected chi connectivity index (χ3v) is 3.74. The van der Waals surface area contributed by atoms with Gasteiger partial charge in [-0.1, -0.05) is 0 Å². The Kier molecular flexibility index (Phi) is 2.33. The number of methoxy groups -OCH3 is 1. The van der Waals surface area contributed by atoms with Gasteiger partial charge in [0.25, 0.3) is 0 Å². The van der Waals surface area contributed by atoms with Crippen molar-refractivity contribution in [2.24, 2.45) is 0 Å². The molecule has 0 radical (unpaired) electrons. The second-order valence-electron chi connectivity index (χ2n) is 2.63. The summed E-state index contributed by atoms with van der Waals surface area (Å²) in [5.74, 6) is 0.702. The summed E-state index contributed by atoms with van der Waals surface area (Å²) >= 11 is 3.34. The summed E-state index contributed by atoms with van der Waals surface area (Å²) in [5, 5.41) is 5.05. The molecule has 2 rings (SSSR count). The van der Waals surface area contributed by atoms with Crippen molar-refractivity contribution in [1.29, 1.82) is 0 Å². The van der Waals surface area contributed by atoms with Crippen molar-refractivity contribution in [3.05, 3.63) is 22.4 Å². The normalized spacial score (nSPS) is 10.3. The highest BCUT2D eigenvalue weighted by Gasteiger charge is 2.08. The van der Waals surface area contributed by atoms with E-state index in [2.05, 4.69) is 23.4 Å². The number of hydrogen-bond acceptors (Lipinski definition) is 4. The Morgan fingerprint density at radius 3 is 2.77 bits per heavy atom. The minimum Gasteiger partial charge on any atom is -0.480 e. The number of nitrogens with zero attached hydrogens (tertiary/aromatic N) is 1. The molecule has 0 unspecified atom stereocenters. The average molecular weight is 211 g/mol. The highest BCUT2D eigenvalue weighted by atomic mass is 32.1. The Morgan fingerprint density at radius 1 is 1.38 bits per heavy atom. The molecule has 13 heavy (non-hydrogen) atoms. The van der Waals surface area contributed by atoms with Crippen LogP contribution in [-0.4, -0.2) is 12.1 Å². The van der Waals surface area contributed by atoms with E-state index in [0.717, 1.165) is 5.01 Å². The predicted octanol–water partition coefficient (Wildman–Crippen LogP) is 3.19. The second-order valence-corrected chi connectivity index (χ2v) is 4.40. The van der Waals surface area contributed by atoms with Crippen LogP contribution in [0.2, 0.25) is 0 Å². The summed E-state index contributed by atoms with van der Waals surface area (Å²) in [6, 6.07) is 2.11. The van der Waals surface area contributed by atoms with Crippen LogP contribution in [0.3, 0.4) is 0 Å². The maximum absolute atomic E-state index is 5.04. The molecule has 0 aliphatic heterocycles. The maximum Gasteiger partial charge on any atom is 0.224 e. The summed E-state index contributed by atoms with van der Waals surface area (Å²) in [7, 11) is 1.64. The first kappa shape index (κ1) is 8.72. The first-order valence-corrected chi connectivity index (χ1v) is 5.61. The Bertz CT molecular complexity index is 405. The maximum atomic E-state index is 5.04. The molecule has 4 heteroatoms. The molecule has 0 bridgehead atoms. The largest absolute Gasteiger partial charge is 0.480 e. The number of ether oxygens (including phenoxy) is 1. The fraction of sp³-hybridized carbons (Fsp3) is 0.222. The second kappa shape index (κ2) is 3.47. The topological polar surface area (TPSA) is 22.1 Å². The Labute approximate surface area is 84.8 Å². The van der Waals surface area contributed by atoms with E-state index in [9.17, 15) is 0 Å². The van der Waals surface area contributed by atoms with Crippen molar-refractivity contribution in [3.63, 3.8) is 0 Å². The molecule has 2 heterocycles. The third kappa shape index (κ3) is 1.59. The van der Waals surface area contributed by atoms with Crippen molar-refractivity contribution in [2.75, 3.05) is 7.11 Å². The number of aryl methyl sites for hydroxylation is 1. The molecular weight excluding hydrogens is 202 g/mol. The highest BCUT2D eigenvalue weighted by molar-refractivity contribution is 7.20. The van der Waals surface area contributed by atoms with Gasteiger partial charge in [0.15, 0.2) is 0 Å². The predicted molar refractivity (Wildman–Crippen MR) is 56.7 cm³/mol. The van der Waals surface area contributed by atoms with Crippen LogP contribution < -0.4 is 4.74 Å². The summed E-state index contributed by atoms with van der Waals surface area (Å²) < 4.78 is 5.04. The third-order valence-electron chi connectivity index (χ3n) is 1.75. The van der Waals surface area contributed by atoms with Crippen LogP contribution in [0.5, 0.6) is 5.88 Å². The number of thiazole rings is 1. The minimum absolute atomic E-state index is 0.702. The van der Waals surface area contributed by atoms with Gasteiger partial charge >= 0.3 is 0 Å². The first-order valence-electron chi connectivity index (χ1n) is 3.85. The smallest absolute Gasteiger partial charge is 0.224 e. The fourth-order valence-corrected chi connectivity index (χ4v) is 2.92. The van der Waals surface area contributed by atoms with Crippen LogP contribution in [0, 0.1) is 6.92 Å². The van der Waals surface area contributed by atoms with Gasteiger partial charge in [0.1, 0.15) is 5.01 Å². The summed E-state index contributed by atoms with van der Waals surface area (Å²) in [4.78, 5) is 5.58. The van der Waals surface area contributed by atoms with E-state index in [1.54, 1.807) is 29.8 Å². The Balaban J connectivity index is 2.41. The Hall–Kier alpha value is -0.870. The number of hydrogen-bond donors (Lipinski definition) is 0. The first-order chi connectivity index (χ1) is 6.31. The number of thiophene rings is 1. The van der Waals surface area contributed by atoms with Crippen molar-refractivity contribution >= 4 is 22.7 Å². The van der Waals surface area contributed by atoms with Crippen molar-refractivity contribution < 1.29 is 4.74 Å². The zero-order chi connectivity index (χ0) is 9.26. The molecule has 0 spiro atoms. The number of aromatic nitrogens is 1. The van der Waals surface area contributed by atoms with Gasteiger partial charge in [-0.3, -0.25) is 0 Å². The van der Waals surface area contributed by atoms with Crippen LogP contribution in [0.4, 0.5) is 0 Å². The van der Waals surface area contributed by atoms with E-state index in [1.165, 1.54) is 10.4 Å². The van der Waals surface area contributed by atoms with Crippen molar-refractivity contribution in [2.45, 2.75) is 6.92 Å². The lowest BCUT2D eigenvalue weighted by atomic mass is 10.3. The molecule has 0 saturated heterocycles. The van der Waals surface area contributed by atoms with Crippen molar-refractivity contribution in [1.82, 2.24) is 4.98 Å². The molecule has 0 aliphatic carbocycles. The molecule has 2 aromatic rings. The molecular formula is C9H9NOS2. The van der Waals surface area contributed by atoms with E-state index in [-0.39, 0.29) is 0 Å². The molecule has 0 saturated carbocycles. The van der Waals surface area contributed by atoms with Crippen LogP contribution >= 0.6 is 22.7 Å². The monoisotopic (exact) mass is 211 g/mol. The van der Waals surface area contributed by atoms with E-state index in [0.29, 0.717) is 5.88 Å². The molecule has 0 aliphatic rings. The van der Waals surface area contributed by atoms with Gasteiger partial charge in [0.05, 0.1) is 17.4 Å². The van der Waals surface area contributed by atoms with Crippen LogP contribution in [0.25, 0.3) is 9.88 Å². The summed E-state index contributed by atoms with van der Waals surface area (Å²) in [6.07, 6.45) is 0. The lowest BCUT2D eigenvalue weighted by Gasteiger charge is -1.92. The van der Waals surface area contributed by atoms with Crippen LogP contribution in [0.15, 0.2) is 16.8 Å². The summed E-state index contributed by atoms with van der Waals surface area (Å²) in [5.41, 5.74) is 1.28. The molecule has 0 atom stereocenters. The van der Waals surface area contributed by atoms with Gasteiger partial charge in [0, 0.05) is 0 Å². The lowest BCUT2D eigenvalue weighted by Crippen LogP contribution is -1.81. The minimum atomic E-state index is 0.702. The average Bonchev–Trinajstić information content (AvgIpc) is 2.71. The van der Waals surface area contributed by atoms with Gasteiger partial charge in [-0.05, 0) is 23.9 Å². The van der Waals surface area contributed by atoms with Crippen molar-refractivity contribution in [3.8, 4) is 15.8 Å². The molecule has 68 valence electrons. The van der Waals surface area contributed by atoms with E-state index >= 15 is 0 Å². The molecule has 0 fully saturated rings. The Morgan fingerprint density at radius 2 is 2.23 bits per heavy atom. The lowest BCUT2D eigenvalue weighted by molar-refractivity contribution is 0.401. The summed E-state index contributed by atoms with van der Waals surface area (Å²) in [6.45, 7) is 2.10. The van der Waals surface area contributed by atoms with E-state index < -0.39 is 0 Å². The van der Waals surface area contributed by atoms with E-state index in [1.807, 2.05) is 5.38 Å². The fourth-order valence-electron chi connectivity index (χ4n) is 1.05. The molecule has 2 aromatic heterocycles. The zero-order valence-electron chi connectivity index (χ0n) is 7.40. The standard InChI is InChI=1S/C9H9NOS2/c1-6-3-4-12-8(6)9-10-7(11-2)5-13-9/h3-5H,1-2H3. The molecule has 0 N–H and O–H groups in total. The van der Waals surface area contributed by atoms with Gasteiger partial charge in [-0.15, -0.1) is 22.7 Å². The van der Waals surface area contributed by atoms with Gasteiger partial charge in [-0.2, -0.15) is 0 Å². The van der Waals surface area contributed by atoms with E-state index in [4.69, 9.17) is 4.74 Å². The molecule has 0 aromatic carbocycles. The number of rotatable bonds is 2.